The Balaban J connectivity index is 2.17. The fourth-order valence-electron chi connectivity index (χ4n) is 2.99. The summed E-state index contributed by atoms with van der Waals surface area (Å²) in [5, 5.41) is 0.457. The van der Waals surface area contributed by atoms with Crippen LogP contribution in [0.25, 0.3) is 28.0 Å². The number of methoxy groups -OCH3 is 1. The molecule has 0 N–H and O–H groups in total. The predicted molar refractivity (Wildman–Crippen MR) is 99.3 cm³/mol. The topological polar surface area (TPSA) is 44.1 Å². The zero-order chi connectivity index (χ0) is 18.1. The van der Waals surface area contributed by atoms with Crippen LogP contribution in [0.4, 0.5) is 4.39 Å². The Labute approximate surface area is 149 Å². The maximum atomic E-state index is 14.5. The van der Waals surface area contributed by atoms with Gasteiger partial charge in [0.1, 0.15) is 11.6 Å². The van der Waals surface area contributed by atoms with Crippen molar-refractivity contribution in [2.75, 3.05) is 7.11 Å². The lowest BCUT2D eigenvalue weighted by atomic mass is 10.1. The maximum absolute atomic E-state index is 14.5. The smallest absolute Gasteiger partial charge is 0.266 e. The summed E-state index contributed by atoms with van der Waals surface area (Å²) in [6, 6.07) is 20.4. The van der Waals surface area contributed by atoms with Crippen LogP contribution in [0, 0.1) is 5.82 Å². The van der Waals surface area contributed by atoms with Crippen LogP contribution in [0.15, 0.2) is 77.6 Å². The van der Waals surface area contributed by atoms with Crippen LogP contribution in [0.2, 0.25) is 0 Å². The van der Waals surface area contributed by atoms with E-state index in [9.17, 15) is 9.18 Å². The molecule has 1 aromatic heterocycles. The van der Waals surface area contributed by atoms with Crippen LogP contribution in [-0.4, -0.2) is 16.7 Å². The van der Waals surface area contributed by atoms with Gasteiger partial charge in [-0.3, -0.25) is 9.36 Å². The maximum Gasteiger partial charge on any atom is 0.266 e. The molecule has 0 saturated heterocycles. The Morgan fingerprint density at radius 2 is 1.62 bits per heavy atom. The molecule has 0 spiro atoms. The molecule has 128 valence electrons. The van der Waals surface area contributed by atoms with Crippen LogP contribution in [-0.2, 0) is 0 Å². The van der Waals surface area contributed by atoms with Crippen molar-refractivity contribution >= 4 is 10.9 Å². The second-order valence-corrected chi connectivity index (χ2v) is 5.74. The lowest BCUT2D eigenvalue weighted by molar-refractivity contribution is 0.412. The molecule has 26 heavy (non-hydrogen) atoms. The summed E-state index contributed by atoms with van der Waals surface area (Å²) in [6.45, 7) is 0. The summed E-state index contributed by atoms with van der Waals surface area (Å²) in [5.41, 5.74) is 0.998. The van der Waals surface area contributed by atoms with Gasteiger partial charge in [0.25, 0.3) is 5.56 Å². The van der Waals surface area contributed by atoms with E-state index in [1.54, 1.807) is 60.7 Å². The van der Waals surface area contributed by atoms with Gasteiger partial charge in [-0.1, -0.05) is 36.4 Å². The third-order valence-corrected chi connectivity index (χ3v) is 4.22. The molecule has 0 radical (unpaired) electrons. The van der Waals surface area contributed by atoms with Gasteiger partial charge in [-0.2, -0.15) is 0 Å². The molecule has 4 aromatic rings. The van der Waals surface area contributed by atoms with Gasteiger partial charge in [-0.25, -0.2) is 9.37 Å². The van der Waals surface area contributed by atoms with E-state index in [0.717, 1.165) is 0 Å². The normalized spacial score (nSPS) is 10.8. The van der Waals surface area contributed by atoms with E-state index in [1.165, 1.54) is 17.7 Å². The number of rotatable bonds is 3. The highest BCUT2D eigenvalue weighted by Gasteiger charge is 2.18. The van der Waals surface area contributed by atoms with Crippen LogP contribution in [0.1, 0.15) is 0 Å². The summed E-state index contributed by atoms with van der Waals surface area (Å²) in [7, 11) is 1.53. The predicted octanol–water partition coefficient (Wildman–Crippen LogP) is 4.20. The number of hydrogen-bond donors (Lipinski definition) is 0. The van der Waals surface area contributed by atoms with Crippen molar-refractivity contribution in [1.29, 1.82) is 0 Å². The lowest BCUT2D eigenvalue weighted by Gasteiger charge is -2.16. The van der Waals surface area contributed by atoms with Gasteiger partial charge >= 0.3 is 0 Å². The van der Waals surface area contributed by atoms with E-state index < -0.39 is 5.82 Å². The summed E-state index contributed by atoms with van der Waals surface area (Å²) >= 11 is 0. The summed E-state index contributed by atoms with van der Waals surface area (Å²) in [4.78, 5) is 17.8. The van der Waals surface area contributed by atoms with Crippen LogP contribution in [0.3, 0.4) is 0 Å². The SMILES string of the molecule is COc1ccccc1-n1c(-c2ccccc2F)nc2ccccc2c1=O. The highest BCUT2D eigenvalue weighted by molar-refractivity contribution is 5.80. The number of ether oxygens (including phenoxy) is 1. The number of para-hydroxylation sites is 3. The average Bonchev–Trinajstić information content (AvgIpc) is 2.68. The molecule has 0 saturated carbocycles. The first-order valence-electron chi connectivity index (χ1n) is 8.11. The second-order valence-electron chi connectivity index (χ2n) is 5.74. The molecular weight excluding hydrogens is 331 g/mol. The van der Waals surface area contributed by atoms with Gasteiger partial charge in [0.15, 0.2) is 5.82 Å². The van der Waals surface area contributed by atoms with Gasteiger partial charge < -0.3 is 4.74 Å². The first-order chi connectivity index (χ1) is 12.7. The lowest BCUT2D eigenvalue weighted by Crippen LogP contribution is -2.22. The van der Waals surface area contributed by atoms with E-state index in [2.05, 4.69) is 4.98 Å². The largest absolute Gasteiger partial charge is 0.495 e. The zero-order valence-corrected chi connectivity index (χ0v) is 14.0. The molecule has 0 aliphatic heterocycles. The molecule has 3 aromatic carbocycles. The van der Waals surface area contributed by atoms with Gasteiger partial charge in [0.05, 0.1) is 29.3 Å². The van der Waals surface area contributed by atoms with Gasteiger partial charge in [-0.05, 0) is 36.4 Å². The van der Waals surface area contributed by atoms with Crippen LogP contribution < -0.4 is 10.3 Å². The third kappa shape index (κ3) is 2.54. The third-order valence-electron chi connectivity index (χ3n) is 4.22. The molecule has 5 heteroatoms. The Hall–Kier alpha value is -3.47. The molecule has 4 nitrogen and oxygen atoms in total. The van der Waals surface area contributed by atoms with Crippen LogP contribution in [0.5, 0.6) is 5.75 Å². The van der Waals surface area contributed by atoms with E-state index in [4.69, 9.17) is 4.74 Å². The highest BCUT2D eigenvalue weighted by Crippen LogP contribution is 2.28. The summed E-state index contributed by atoms with van der Waals surface area (Å²) < 4.78 is 21.3. The van der Waals surface area contributed by atoms with Crippen LogP contribution >= 0.6 is 0 Å². The number of aromatic nitrogens is 2. The molecule has 0 bridgehead atoms. The van der Waals surface area contributed by atoms with Crippen molar-refractivity contribution < 1.29 is 9.13 Å². The molecule has 0 fully saturated rings. The van der Waals surface area contributed by atoms with Crippen molar-refractivity contribution in [3.8, 4) is 22.8 Å². The number of fused-ring (bicyclic) bond motifs is 1. The Bertz CT molecular complexity index is 1170. The van der Waals surface area contributed by atoms with Gasteiger partial charge in [-0.15, -0.1) is 0 Å². The summed E-state index contributed by atoms with van der Waals surface area (Å²) in [5.74, 6) is 0.291. The van der Waals surface area contributed by atoms with Crippen molar-refractivity contribution in [2.45, 2.75) is 0 Å². The Morgan fingerprint density at radius 1 is 0.923 bits per heavy atom. The van der Waals surface area contributed by atoms with Gasteiger partial charge in [0.2, 0.25) is 0 Å². The van der Waals surface area contributed by atoms with Gasteiger partial charge in [0, 0.05) is 0 Å². The van der Waals surface area contributed by atoms with E-state index in [0.29, 0.717) is 22.3 Å². The van der Waals surface area contributed by atoms with E-state index >= 15 is 0 Å². The molecule has 0 amide bonds. The van der Waals surface area contributed by atoms with Crippen molar-refractivity contribution in [1.82, 2.24) is 9.55 Å². The average molecular weight is 346 g/mol. The molecule has 0 unspecified atom stereocenters. The highest BCUT2D eigenvalue weighted by atomic mass is 19.1. The Kier molecular flexibility index (Phi) is 3.97. The standard InChI is InChI=1S/C21H15FN2O2/c1-26-19-13-7-6-12-18(19)24-20(14-8-2-4-10-16(14)22)23-17-11-5-3-9-15(17)21(24)25/h2-13H,1H3. The quantitative estimate of drug-likeness (QED) is 0.558. The zero-order valence-electron chi connectivity index (χ0n) is 14.0. The monoisotopic (exact) mass is 346 g/mol. The molecule has 0 aliphatic rings. The minimum absolute atomic E-state index is 0.233. The fraction of sp³-hybridized carbons (Fsp3) is 0.0476. The van der Waals surface area contributed by atoms with E-state index in [-0.39, 0.29) is 16.9 Å². The van der Waals surface area contributed by atoms with Crippen molar-refractivity contribution in [2.24, 2.45) is 0 Å². The minimum Gasteiger partial charge on any atom is -0.495 e. The number of nitrogens with zero attached hydrogens (tertiary/aromatic N) is 2. The number of hydrogen-bond acceptors (Lipinski definition) is 3. The molecule has 4 rings (SSSR count). The molecule has 0 atom stereocenters. The molecular formula is C21H15FN2O2. The molecule has 1 heterocycles. The summed E-state index contributed by atoms with van der Waals surface area (Å²) in [6.07, 6.45) is 0. The molecule has 0 aliphatic carbocycles. The van der Waals surface area contributed by atoms with Crippen molar-refractivity contribution in [3.05, 3.63) is 89.0 Å². The minimum atomic E-state index is -0.446. The fourth-order valence-corrected chi connectivity index (χ4v) is 2.99. The first-order valence-corrected chi connectivity index (χ1v) is 8.11. The number of benzene rings is 3. The first kappa shape index (κ1) is 16.0. The second kappa shape index (κ2) is 6.44. The van der Waals surface area contributed by atoms with Crippen molar-refractivity contribution in [3.63, 3.8) is 0 Å². The Morgan fingerprint density at radius 3 is 2.42 bits per heavy atom. The number of halogens is 1. The van der Waals surface area contributed by atoms with E-state index in [1.807, 2.05) is 6.07 Å².